The zero-order valence-corrected chi connectivity index (χ0v) is 13.1. The van der Waals surface area contributed by atoms with E-state index in [2.05, 4.69) is 72.4 Å². The van der Waals surface area contributed by atoms with E-state index in [9.17, 15) is 0 Å². The van der Waals surface area contributed by atoms with Gasteiger partial charge in [-0.05, 0) is 49.6 Å². The summed E-state index contributed by atoms with van der Waals surface area (Å²) >= 11 is 0. The smallest absolute Gasteiger partial charge is 0.129 e. The van der Waals surface area contributed by atoms with Crippen molar-refractivity contribution in [1.29, 1.82) is 0 Å². The number of aromatic nitrogens is 1. The van der Waals surface area contributed by atoms with Crippen LogP contribution in [0.4, 0.5) is 5.82 Å². The molecule has 1 N–H and O–H groups in total. The lowest BCUT2D eigenvalue weighted by atomic mass is 10.1. The fourth-order valence-corrected chi connectivity index (χ4v) is 2.61. The van der Waals surface area contributed by atoms with Gasteiger partial charge in [0, 0.05) is 31.4 Å². The minimum absolute atomic E-state index is 0.132. The fraction of sp³-hybridized carbons (Fsp3) is 0.389. The van der Waals surface area contributed by atoms with Gasteiger partial charge in [0.1, 0.15) is 5.82 Å². The molecule has 0 atom stereocenters. The summed E-state index contributed by atoms with van der Waals surface area (Å²) in [6.07, 6.45) is 1.91. The van der Waals surface area contributed by atoms with Gasteiger partial charge < -0.3 is 10.2 Å². The summed E-state index contributed by atoms with van der Waals surface area (Å²) in [5.41, 5.74) is 4.24. The SMILES string of the molecule is CC(C)(C)NCc1ccnc(N2Cc3ccccc3C2)c1. The molecule has 1 aliphatic rings. The second-order valence-corrected chi connectivity index (χ2v) is 6.75. The van der Waals surface area contributed by atoms with Crippen LogP contribution in [0.5, 0.6) is 0 Å². The second kappa shape index (κ2) is 5.49. The Bertz CT molecular complexity index is 603. The van der Waals surface area contributed by atoms with E-state index >= 15 is 0 Å². The number of rotatable bonds is 3. The molecule has 2 aromatic rings. The van der Waals surface area contributed by atoms with Crippen molar-refractivity contribution in [3.63, 3.8) is 0 Å². The average molecular weight is 281 g/mol. The van der Waals surface area contributed by atoms with Crippen molar-refractivity contribution in [2.24, 2.45) is 0 Å². The van der Waals surface area contributed by atoms with Crippen LogP contribution in [-0.4, -0.2) is 10.5 Å². The molecule has 3 nitrogen and oxygen atoms in total. The van der Waals surface area contributed by atoms with E-state index in [-0.39, 0.29) is 5.54 Å². The summed E-state index contributed by atoms with van der Waals surface area (Å²) in [6.45, 7) is 9.35. The molecular weight excluding hydrogens is 258 g/mol. The number of nitrogens with one attached hydrogen (secondary N) is 1. The molecule has 1 aliphatic heterocycles. The third-order valence-corrected chi connectivity index (χ3v) is 3.80. The molecule has 1 aromatic heterocycles. The maximum atomic E-state index is 4.55. The van der Waals surface area contributed by atoms with Crippen molar-refractivity contribution in [2.45, 2.75) is 45.9 Å². The lowest BCUT2D eigenvalue weighted by Gasteiger charge is -2.21. The van der Waals surface area contributed by atoms with Gasteiger partial charge in [-0.25, -0.2) is 4.98 Å². The molecule has 0 amide bonds. The quantitative estimate of drug-likeness (QED) is 0.933. The van der Waals surface area contributed by atoms with Crippen LogP contribution in [0.25, 0.3) is 0 Å². The summed E-state index contributed by atoms with van der Waals surface area (Å²) in [5.74, 6) is 1.07. The maximum absolute atomic E-state index is 4.55. The van der Waals surface area contributed by atoms with Crippen molar-refractivity contribution in [1.82, 2.24) is 10.3 Å². The summed E-state index contributed by atoms with van der Waals surface area (Å²) < 4.78 is 0. The van der Waals surface area contributed by atoms with Crippen LogP contribution in [0.2, 0.25) is 0 Å². The topological polar surface area (TPSA) is 28.2 Å². The van der Waals surface area contributed by atoms with Crippen LogP contribution in [-0.2, 0) is 19.6 Å². The molecular formula is C18H23N3. The van der Waals surface area contributed by atoms with Crippen LogP contribution in [0.15, 0.2) is 42.6 Å². The number of anilines is 1. The minimum atomic E-state index is 0.132. The normalized spacial score (nSPS) is 14.3. The third-order valence-electron chi connectivity index (χ3n) is 3.80. The predicted molar refractivity (Wildman–Crippen MR) is 87.2 cm³/mol. The zero-order valence-electron chi connectivity index (χ0n) is 13.1. The Morgan fingerprint density at radius 2 is 1.76 bits per heavy atom. The molecule has 21 heavy (non-hydrogen) atoms. The number of pyridine rings is 1. The van der Waals surface area contributed by atoms with E-state index in [0.717, 1.165) is 25.5 Å². The van der Waals surface area contributed by atoms with Crippen molar-refractivity contribution < 1.29 is 0 Å². The van der Waals surface area contributed by atoms with Gasteiger partial charge in [-0.15, -0.1) is 0 Å². The van der Waals surface area contributed by atoms with Crippen LogP contribution in [0, 0.1) is 0 Å². The second-order valence-electron chi connectivity index (χ2n) is 6.75. The Labute approximate surface area is 127 Å². The summed E-state index contributed by atoms with van der Waals surface area (Å²) in [5, 5.41) is 3.53. The molecule has 1 aromatic carbocycles. The van der Waals surface area contributed by atoms with Gasteiger partial charge >= 0.3 is 0 Å². The van der Waals surface area contributed by atoms with Gasteiger partial charge in [-0.3, -0.25) is 0 Å². The Hall–Kier alpha value is -1.87. The molecule has 2 heterocycles. The first-order valence-corrected chi connectivity index (χ1v) is 7.53. The highest BCUT2D eigenvalue weighted by molar-refractivity contribution is 5.48. The molecule has 0 unspecified atom stereocenters. The summed E-state index contributed by atoms with van der Waals surface area (Å²) in [6, 6.07) is 12.9. The third kappa shape index (κ3) is 3.42. The number of nitrogens with zero attached hydrogens (tertiary/aromatic N) is 2. The number of benzene rings is 1. The molecule has 3 heteroatoms. The van der Waals surface area contributed by atoms with Gasteiger partial charge in [-0.1, -0.05) is 24.3 Å². The first kappa shape index (κ1) is 14.1. The van der Waals surface area contributed by atoms with Crippen molar-refractivity contribution in [2.75, 3.05) is 4.90 Å². The molecule has 0 fully saturated rings. The van der Waals surface area contributed by atoms with Gasteiger partial charge in [0.25, 0.3) is 0 Å². The van der Waals surface area contributed by atoms with Crippen LogP contribution in [0.3, 0.4) is 0 Å². The molecule has 0 bridgehead atoms. The van der Waals surface area contributed by atoms with Gasteiger partial charge in [0.15, 0.2) is 0 Å². The van der Waals surface area contributed by atoms with E-state index in [4.69, 9.17) is 0 Å². The molecule has 0 aliphatic carbocycles. The number of hydrogen-bond acceptors (Lipinski definition) is 3. The molecule has 3 rings (SSSR count). The molecule has 110 valence electrons. The summed E-state index contributed by atoms with van der Waals surface area (Å²) in [4.78, 5) is 6.89. The lowest BCUT2D eigenvalue weighted by molar-refractivity contribution is 0.424. The van der Waals surface area contributed by atoms with Gasteiger partial charge in [0.05, 0.1) is 0 Å². The Morgan fingerprint density at radius 3 is 2.38 bits per heavy atom. The Kier molecular flexibility index (Phi) is 3.68. The lowest BCUT2D eigenvalue weighted by Crippen LogP contribution is -2.35. The molecule has 0 saturated carbocycles. The highest BCUT2D eigenvalue weighted by Gasteiger charge is 2.19. The molecule has 0 spiro atoms. The Morgan fingerprint density at radius 1 is 1.10 bits per heavy atom. The zero-order chi connectivity index (χ0) is 14.9. The first-order chi connectivity index (χ1) is 10.0. The van der Waals surface area contributed by atoms with E-state index in [1.807, 2.05) is 6.20 Å². The van der Waals surface area contributed by atoms with Crippen LogP contribution >= 0.6 is 0 Å². The van der Waals surface area contributed by atoms with E-state index in [1.165, 1.54) is 16.7 Å². The standard InChI is InChI=1S/C18H23N3/c1-18(2,3)20-11-14-8-9-19-17(10-14)21-12-15-6-4-5-7-16(15)13-21/h4-10,20H,11-13H2,1-3H3. The Balaban J connectivity index is 1.73. The predicted octanol–water partition coefficient (Wildman–Crippen LogP) is 3.49. The maximum Gasteiger partial charge on any atom is 0.129 e. The van der Waals surface area contributed by atoms with Gasteiger partial charge in [-0.2, -0.15) is 0 Å². The van der Waals surface area contributed by atoms with E-state index in [0.29, 0.717) is 0 Å². The van der Waals surface area contributed by atoms with Crippen molar-refractivity contribution in [3.05, 3.63) is 59.3 Å². The highest BCUT2D eigenvalue weighted by atomic mass is 15.2. The number of hydrogen-bond donors (Lipinski definition) is 1. The monoisotopic (exact) mass is 281 g/mol. The van der Waals surface area contributed by atoms with Crippen LogP contribution in [0.1, 0.15) is 37.5 Å². The van der Waals surface area contributed by atoms with E-state index < -0.39 is 0 Å². The minimum Gasteiger partial charge on any atom is -0.348 e. The van der Waals surface area contributed by atoms with Crippen molar-refractivity contribution >= 4 is 5.82 Å². The molecule has 0 saturated heterocycles. The summed E-state index contributed by atoms with van der Waals surface area (Å²) in [7, 11) is 0. The molecule has 0 radical (unpaired) electrons. The fourth-order valence-electron chi connectivity index (χ4n) is 2.61. The van der Waals surface area contributed by atoms with E-state index in [1.54, 1.807) is 0 Å². The van der Waals surface area contributed by atoms with Crippen LogP contribution < -0.4 is 10.2 Å². The number of fused-ring (bicyclic) bond motifs is 1. The first-order valence-electron chi connectivity index (χ1n) is 7.53. The largest absolute Gasteiger partial charge is 0.348 e. The van der Waals surface area contributed by atoms with Gasteiger partial charge in [0.2, 0.25) is 0 Å². The van der Waals surface area contributed by atoms with Crippen molar-refractivity contribution in [3.8, 4) is 0 Å². The average Bonchev–Trinajstić information content (AvgIpc) is 2.89. The highest BCUT2D eigenvalue weighted by Crippen LogP contribution is 2.27.